The fourth-order valence-corrected chi connectivity index (χ4v) is 4.14. The fourth-order valence-electron chi connectivity index (χ4n) is 3.14. The maximum atomic E-state index is 13.2. The highest BCUT2D eigenvalue weighted by Gasteiger charge is 2.25. The van der Waals surface area contributed by atoms with E-state index in [1.165, 1.54) is 0 Å². The van der Waals surface area contributed by atoms with Crippen molar-refractivity contribution in [3.8, 4) is 10.7 Å². The molecule has 3 heterocycles. The highest BCUT2D eigenvalue weighted by molar-refractivity contribution is 7.71. The van der Waals surface area contributed by atoms with Crippen molar-refractivity contribution in [1.82, 2.24) is 25.1 Å². The molecular formula is C21H19N5OS2. The van der Waals surface area contributed by atoms with Crippen molar-refractivity contribution in [2.24, 2.45) is 0 Å². The molecule has 0 radical (unpaired) electrons. The molecule has 4 rings (SSSR count). The van der Waals surface area contributed by atoms with E-state index < -0.39 is 6.04 Å². The normalized spacial score (nSPS) is 13.0. The topological polar surface area (TPSA) is 75.6 Å². The Bertz CT molecular complexity index is 1100. The van der Waals surface area contributed by atoms with Crippen LogP contribution in [0.1, 0.15) is 30.3 Å². The summed E-state index contributed by atoms with van der Waals surface area (Å²) < 4.78 is 2.15. The lowest BCUT2D eigenvalue weighted by Crippen LogP contribution is -2.35. The lowest BCUT2D eigenvalue weighted by atomic mass is 10.0. The van der Waals surface area contributed by atoms with Crippen LogP contribution in [-0.4, -0.2) is 25.7 Å². The molecule has 0 bridgehead atoms. The van der Waals surface area contributed by atoms with Crippen molar-refractivity contribution in [2.75, 3.05) is 0 Å². The molecule has 0 aliphatic carbocycles. The van der Waals surface area contributed by atoms with Gasteiger partial charge in [-0.05, 0) is 48.3 Å². The summed E-state index contributed by atoms with van der Waals surface area (Å²) in [6.07, 6.45) is 1.72. The number of carbonyl (C=O) groups is 1. The molecular weight excluding hydrogens is 402 g/mol. The van der Waals surface area contributed by atoms with Crippen LogP contribution in [0.4, 0.5) is 0 Å². The summed E-state index contributed by atoms with van der Waals surface area (Å²) in [6, 6.07) is 18.5. The van der Waals surface area contributed by atoms with E-state index >= 15 is 0 Å². The molecule has 146 valence electrons. The average molecular weight is 422 g/mol. The van der Waals surface area contributed by atoms with Crippen LogP contribution in [0.5, 0.6) is 0 Å². The smallest absolute Gasteiger partial charge is 0.243 e. The second-order valence-corrected chi connectivity index (χ2v) is 7.82. The van der Waals surface area contributed by atoms with E-state index in [0.717, 1.165) is 16.1 Å². The number of amides is 1. The molecule has 0 fully saturated rings. The molecule has 3 aromatic heterocycles. The number of aromatic nitrogens is 4. The number of rotatable bonds is 6. The van der Waals surface area contributed by atoms with Crippen LogP contribution < -0.4 is 5.32 Å². The zero-order valence-corrected chi connectivity index (χ0v) is 17.3. The van der Waals surface area contributed by atoms with Gasteiger partial charge in [0.25, 0.3) is 0 Å². The van der Waals surface area contributed by atoms with Crippen molar-refractivity contribution in [2.45, 2.75) is 19.0 Å². The number of hydrogen-bond acceptors (Lipinski definition) is 5. The molecule has 6 nitrogen and oxygen atoms in total. The molecule has 8 heteroatoms. The number of carbonyl (C=O) groups excluding carboxylic acids is 1. The van der Waals surface area contributed by atoms with E-state index in [1.807, 2.05) is 73.0 Å². The zero-order chi connectivity index (χ0) is 20.2. The number of nitrogens with zero attached hydrogens (tertiary/aromatic N) is 3. The molecule has 4 aromatic rings. The van der Waals surface area contributed by atoms with Crippen molar-refractivity contribution in [3.63, 3.8) is 0 Å². The van der Waals surface area contributed by atoms with E-state index in [9.17, 15) is 4.79 Å². The number of aromatic amines is 1. The second-order valence-electron chi connectivity index (χ2n) is 6.48. The summed E-state index contributed by atoms with van der Waals surface area (Å²) in [5.74, 6) is 0.488. The Hall–Kier alpha value is -3.10. The fraction of sp³-hybridized carbons (Fsp3) is 0.143. The lowest BCUT2D eigenvalue weighted by Gasteiger charge is -2.22. The highest BCUT2D eigenvalue weighted by atomic mass is 32.1. The Balaban J connectivity index is 1.66. The highest BCUT2D eigenvalue weighted by Crippen LogP contribution is 2.27. The monoisotopic (exact) mass is 421 g/mol. The van der Waals surface area contributed by atoms with Crippen LogP contribution in [0.2, 0.25) is 0 Å². The zero-order valence-electron chi connectivity index (χ0n) is 15.6. The van der Waals surface area contributed by atoms with Gasteiger partial charge in [0.05, 0.1) is 16.6 Å². The minimum Gasteiger partial charge on any atom is -0.342 e. The summed E-state index contributed by atoms with van der Waals surface area (Å²) in [5, 5.41) is 12.2. The first-order valence-electron chi connectivity index (χ1n) is 9.12. The maximum Gasteiger partial charge on any atom is 0.243 e. The van der Waals surface area contributed by atoms with Gasteiger partial charge < -0.3 is 5.32 Å². The molecule has 1 amide bonds. The molecule has 2 atom stereocenters. The molecule has 0 aliphatic heterocycles. The van der Waals surface area contributed by atoms with Crippen LogP contribution in [0, 0.1) is 4.77 Å². The van der Waals surface area contributed by atoms with Gasteiger partial charge in [0, 0.05) is 6.20 Å². The Kier molecular flexibility index (Phi) is 5.64. The summed E-state index contributed by atoms with van der Waals surface area (Å²) in [4.78, 5) is 18.6. The predicted octanol–water partition coefficient (Wildman–Crippen LogP) is 4.53. The van der Waals surface area contributed by atoms with E-state index in [0.29, 0.717) is 10.6 Å². The third kappa shape index (κ3) is 4.03. The van der Waals surface area contributed by atoms with Gasteiger partial charge in [0.1, 0.15) is 6.04 Å². The largest absolute Gasteiger partial charge is 0.342 e. The molecule has 0 spiro atoms. The third-order valence-corrected chi connectivity index (χ3v) is 5.77. The van der Waals surface area contributed by atoms with E-state index in [2.05, 4.69) is 20.5 Å². The van der Waals surface area contributed by atoms with E-state index in [1.54, 1.807) is 22.1 Å². The van der Waals surface area contributed by atoms with Crippen molar-refractivity contribution in [3.05, 3.63) is 88.3 Å². The third-order valence-electron chi connectivity index (χ3n) is 4.62. The van der Waals surface area contributed by atoms with Crippen molar-refractivity contribution < 1.29 is 4.79 Å². The van der Waals surface area contributed by atoms with Gasteiger partial charge in [-0.3, -0.25) is 19.4 Å². The average Bonchev–Trinajstić information content (AvgIpc) is 3.42. The molecule has 2 N–H and O–H groups in total. The van der Waals surface area contributed by atoms with Crippen LogP contribution in [0.3, 0.4) is 0 Å². The van der Waals surface area contributed by atoms with Gasteiger partial charge in [-0.1, -0.05) is 42.5 Å². The van der Waals surface area contributed by atoms with Gasteiger partial charge in [0.2, 0.25) is 5.91 Å². The Morgan fingerprint density at radius 2 is 1.93 bits per heavy atom. The van der Waals surface area contributed by atoms with Crippen LogP contribution in [0.25, 0.3) is 10.7 Å². The van der Waals surface area contributed by atoms with Gasteiger partial charge in [-0.25, -0.2) is 0 Å². The van der Waals surface area contributed by atoms with E-state index in [-0.39, 0.29) is 11.9 Å². The summed E-state index contributed by atoms with van der Waals surface area (Å²) in [5.41, 5.74) is 1.73. The number of H-pyrrole nitrogens is 1. The molecule has 0 saturated heterocycles. The van der Waals surface area contributed by atoms with Crippen LogP contribution in [0.15, 0.2) is 72.2 Å². The first kappa shape index (κ1) is 19.2. The summed E-state index contributed by atoms with van der Waals surface area (Å²) in [7, 11) is 0. The first-order valence-corrected chi connectivity index (χ1v) is 10.4. The molecule has 1 aromatic carbocycles. The second kappa shape index (κ2) is 8.50. The predicted molar refractivity (Wildman–Crippen MR) is 116 cm³/mol. The van der Waals surface area contributed by atoms with Crippen LogP contribution >= 0.6 is 23.6 Å². The lowest BCUT2D eigenvalue weighted by molar-refractivity contribution is -0.124. The Labute approximate surface area is 177 Å². The van der Waals surface area contributed by atoms with Gasteiger partial charge >= 0.3 is 0 Å². The first-order chi connectivity index (χ1) is 14.1. The Morgan fingerprint density at radius 1 is 1.14 bits per heavy atom. The van der Waals surface area contributed by atoms with Crippen molar-refractivity contribution >= 4 is 29.5 Å². The number of pyridine rings is 1. The SMILES string of the molecule is CC(C(=O)NC(c1ccccc1)c1ccccn1)n1c(-c2cccs2)n[nH]c1=S. The van der Waals surface area contributed by atoms with Gasteiger partial charge in [-0.2, -0.15) is 5.10 Å². The quantitative estimate of drug-likeness (QED) is 0.449. The van der Waals surface area contributed by atoms with E-state index in [4.69, 9.17) is 12.2 Å². The maximum absolute atomic E-state index is 13.2. The van der Waals surface area contributed by atoms with Crippen LogP contribution in [-0.2, 0) is 4.79 Å². The summed E-state index contributed by atoms with van der Waals surface area (Å²) >= 11 is 6.95. The summed E-state index contributed by atoms with van der Waals surface area (Å²) in [6.45, 7) is 1.82. The molecule has 0 aliphatic rings. The Morgan fingerprint density at radius 3 is 2.62 bits per heavy atom. The van der Waals surface area contributed by atoms with Gasteiger partial charge in [0.15, 0.2) is 10.6 Å². The van der Waals surface area contributed by atoms with Crippen molar-refractivity contribution in [1.29, 1.82) is 0 Å². The minimum absolute atomic E-state index is 0.167. The molecule has 29 heavy (non-hydrogen) atoms. The standard InChI is InChI=1S/C21H19N5OS2/c1-14(26-19(24-25-21(26)28)17-11-7-13-29-17)20(27)23-18(15-8-3-2-4-9-15)16-10-5-6-12-22-16/h2-14,18H,1H3,(H,23,27)(H,25,28). The minimum atomic E-state index is -0.548. The molecule has 2 unspecified atom stereocenters. The van der Waals surface area contributed by atoms with Gasteiger partial charge in [-0.15, -0.1) is 11.3 Å². The number of nitrogens with one attached hydrogen (secondary N) is 2. The number of benzene rings is 1. The molecule has 0 saturated carbocycles. The number of hydrogen-bond donors (Lipinski definition) is 2. The number of thiophene rings is 1.